The van der Waals surface area contributed by atoms with E-state index in [9.17, 15) is 0 Å². The van der Waals surface area contributed by atoms with Crippen molar-refractivity contribution in [1.82, 2.24) is 5.32 Å². The summed E-state index contributed by atoms with van der Waals surface area (Å²) >= 11 is 0. The highest BCUT2D eigenvalue weighted by Gasteiger charge is 2.19. The Morgan fingerprint density at radius 1 is 1.67 bits per heavy atom. The lowest BCUT2D eigenvalue weighted by atomic mass is 10.3. The molecule has 0 spiro atoms. The van der Waals surface area contributed by atoms with Crippen molar-refractivity contribution in [3.8, 4) is 0 Å². The molecule has 0 saturated carbocycles. The minimum absolute atomic E-state index is 0.419. The maximum absolute atomic E-state index is 8.97. The van der Waals surface area contributed by atoms with Crippen LogP contribution >= 0.6 is 0 Å². The van der Waals surface area contributed by atoms with Gasteiger partial charge in [-0.2, -0.15) is 0 Å². The van der Waals surface area contributed by atoms with E-state index >= 15 is 0 Å². The first-order valence-corrected chi connectivity index (χ1v) is 2.77. The SMILES string of the molecule is CC(O)NC(C)(O)CO. The molecule has 0 rings (SSSR count). The highest BCUT2D eigenvalue weighted by molar-refractivity contribution is 4.67. The maximum Gasteiger partial charge on any atom is 0.138 e. The first-order chi connectivity index (χ1) is 3.98. The summed E-state index contributed by atoms with van der Waals surface area (Å²) in [7, 11) is 0. The molecule has 2 atom stereocenters. The molecule has 4 nitrogen and oxygen atoms in total. The van der Waals surface area contributed by atoms with E-state index in [1.54, 1.807) is 0 Å². The third kappa shape index (κ3) is 4.35. The molecule has 0 aromatic carbocycles. The molecule has 0 heterocycles. The Labute approximate surface area is 54.1 Å². The Morgan fingerprint density at radius 3 is 2.22 bits per heavy atom. The van der Waals surface area contributed by atoms with E-state index in [0.29, 0.717) is 0 Å². The van der Waals surface area contributed by atoms with Crippen molar-refractivity contribution in [3.05, 3.63) is 0 Å². The van der Waals surface area contributed by atoms with Crippen LogP contribution in [0.3, 0.4) is 0 Å². The quantitative estimate of drug-likeness (QED) is 0.360. The average Bonchev–Trinajstić information content (AvgIpc) is 1.63. The van der Waals surface area contributed by atoms with Crippen LogP contribution < -0.4 is 5.32 Å². The summed E-state index contributed by atoms with van der Waals surface area (Å²) in [6.07, 6.45) is -0.813. The lowest BCUT2D eigenvalue weighted by molar-refractivity contribution is -0.0626. The van der Waals surface area contributed by atoms with Gasteiger partial charge in [0.1, 0.15) is 12.0 Å². The van der Waals surface area contributed by atoms with E-state index in [4.69, 9.17) is 15.3 Å². The minimum Gasteiger partial charge on any atom is -0.392 e. The molecule has 56 valence electrons. The second kappa shape index (κ2) is 3.12. The van der Waals surface area contributed by atoms with Gasteiger partial charge in [-0.25, -0.2) is 0 Å². The molecule has 2 unspecified atom stereocenters. The predicted molar refractivity (Wildman–Crippen MR) is 32.5 cm³/mol. The number of hydrogen-bond acceptors (Lipinski definition) is 4. The molecule has 0 aliphatic rings. The van der Waals surface area contributed by atoms with Crippen LogP contribution in [-0.4, -0.2) is 33.9 Å². The van der Waals surface area contributed by atoms with Gasteiger partial charge in [-0.15, -0.1) is 0 Å². The molecule has 0 saturated heterocycles. The average molecular weight is 135 g/mol. The van der Waals surface area contributed by atoms with Gasteiger partial charge < -0.3 is 15.3 Å². The molecule has 9 heavy (non-hydrogen) atoms. The monoisotopic (exact) mass is 135 g/mol. The van der Waals surface area contributed by atoms with Gasteiger partial charge in [0.2, 0.25) is 0 Å². The van der Waals surface area contributed by atoms with E-state index in [1.807, 2.05) is 0 Å². The number of nitrogens with one attached hydrogen (secondary N) is 1. The van der Waals surface area contributed by atoms with Gasteiger partial charge in [-0.3, -0.25) is 5.32 Å². The van der Waals surface area contributed by atoms with Gasteiger partial charge in [0.15, 0.2) is 0 Å². The van der Waals surface area contributed by atoms with Crippen LogP contribution in [0.1, 0.15) is 13.8 Å². The maximum atomic E-state index is 8.97. The Hall–Kier alpha value is -0.160. The summed E-state index contributed by atoms with van der Waals surface area (Å²) < 4.78 is 0. The van der Waals surface area contributed by atoms with Crippen molar-refractivity contribution in [1.29, 1.82) is 0 Å². The molecule has 0 aliphatic carbocycles. The van der Waals surface area contributed by atoms with E-state index in [-0.39, 0.29) is 0 Å². The van der Waals surface area contributed by atoms with Crippen LogP contribution in [0.25, 0.3) is 0 Å². The van der Waals surface area contributed by atoms with Crippen molar-refractivity contribution in [2.75, 3.05) is 6.61 Å². The molecule has 0 radical (unpaired) electrons. The minimum atomic E-state index is -1.38. The largest absolute Gasteiger partial charge is 0.392 e. The van der Waals surface area contributed by atoms with E-state index in [0.717, 1.165) is 0 Å². The van der Waals surface area contributed by atoms with Crippen LogP contribution in [0.15, 0.2) is 0 Å². The van der Waals surface area contributed by atoms with Crippen molar-refractivity contribution < 1.29 is 15.3 Å². The summed E-state index contributed by atoms with van der Waals surface area (Å²) in [6.45, 7) is 2.42. The first kappa shape index (κ1) is 8.84. The number of hydrogen-bond donors (Lipinski definition) is 4. The summed E-state index contributed by atoms with van der Waals surface area (Å²) in [5.41, 5.74) is -1.38. The molecule has 0 bridgehead atoms. The predicted octanol–water partition coefficient (Wildman–Crippen LogP) is -1.38. The van der Waals surface area contributed by atoms with Gasteiger partial charge >= 0.3 is 0 Å². The van der Waals surface area contributed by atoms with Crippen LogP contribution in [0.4, 0.5) is 0 Å². The molecule has 0 amide bonds. The van der Waals surface area contributed by atoms with E-state index in [1.165, 1.54) is 13.8 Å². The molecular weight excluding hydrogens is 122 g/mol. The molecule has 0 aromatic rings. The molecule has 4 heteroatoms. The van der Waals surface area contributed by atoms with Crippen molar-refractivity contribution in [3.63, 3.8) is 0 Å². The van der Waals surface area contributed by atoms with E-state index in [2.05, 4.69) is 5.32 Å². The fraction of sp³-hybridized carbons (Fsp3) is 1.00. The van der Waals surface area contributed by atoms with Gasteiger partial charge in [0, 0.05) is 0 Å². The molecule has 0 aliphatic heterocycles. The van der Waals surface area contributed by atoms with Crippen LogP contribution in [-0.2, 0) is 0 Å². The number of rotatable bonds is 3. The van der Waals surface area contributed by atoms with Gasteiger partial charge in [0.25, 0.3) is 0 Å². The highest BCUT2D eigenvalue weighted by atomic mass is 16.4. The third-order valence-corrected chi connectivity index (χ3v) is 0.828. The Bertz CT molecular complexity index is 82.3. The lowest BCUT2D eigenvalue weighted by Crippen LogP contribution is -2.49. The van der Waals surface area contributed by atoms with Crippen molar-refractivity contribution in [2.45, 2.75) is 25.8 Å². The summed E-state index contributed by atoms with van der Waals surface area (Å²) in [4.78, 5) is 0. The Kier molecular flexibility index (Phi) is 3.07. The summed E-state index contributed by atoms with van der Waals surface area (Å²) in [5, 5.41) is 28.4. The Balaban J connectivity index is 3.58. The third-order valence-electron chi connectivity index (χ3n) is 0.828. The first-order valence-electron chi connectivity index (χ1n) is 2.77. The standard InChI is InChI=1S/C5H13NO3/c1-4(8)6-5(2,9)3-7/h4,6-9H,3H2,1-2H3. The van der Waals surface area contributed by atoms with Gasteiger partial charge in [0.05, 0.1) is 6.61 Å². The molecule has 0 fully saturated rings. The van der Waals surface area contributed by atoms with Crippen molar-refractivity contribution in [2.24, 2.45) is 0 Å². The summed E-state index contributed by atoms with van der Waals surface area (Å²) in [5.74, 6) is 0. The van der Waals surface area contributed by atoms with Gasteiger partial charge in [-0.1, -0.05) is 0 Å². The highest BCUT2D eigenvalue weighted by Crippen LogP contribution is 1.95. The van der Waals surface area contributed by atoms with Crippen LogP contribution in [0, 0.1) is 0 Å². The second-order valence-corrected chi connectivity index (χ2v) is 2.25. The fourth-order valence-electron chi connectivity index (χ4n) is 0.496. The number of aliphatic hydroxyl groups excluding tert-OH is 2. The number of aliphatic hydroxyl groups is 3. The zero-order valence-electron chi connectivity index (χ0n) is 5.63. The molecule has 0 aromatic heterocycles. The fourth-order valence-corrected chi connectivity index (χ4v) is 0.496. The molecular formula is C5H13NO3. The molecule has 4 N–H and O–H groups in total. The van der Waals surface area contributed by atoms with Crippen molar-refractivity contribution >= 4 is 0 Å². The van der Waals surface area contributed by atoms with Crippen LogP contribution in [0.5, 0.6) is 0 Å². The second-order valence-electron chi connectivity index (χ2n) is 2.25. The van der Waals surface area contributed by atoms with Crippen LogP contribution in [0.2, 0.25) is 0 Å². The zero-order chi connectivity index (χ0) is 7.49. The lowest BCUT2D eigenvalue weighted by Gasteiger charge is -2.23. The normalized spacial score (nSPS) is 21.0. The van der Waals surface area contributed by atoms with Gasteiger partial charge in [-0.05, 0) is 13.8 Å². The smallest absolute Gasteiger partial charge is 0.138 e. The zero-order valence-corrected chi connectivity index (χ0v) is 5.63. The topological polar surface area (TPSA) is 72.7 Å². The van der Waals surface area contributed by atoms with E-state index < -0.39 is 18.6 Å². The summed E-state index contributed by atoms with van der Waals surface area (Å²) in [6, 6.07) is 0. The Morgan fingerprint density at radius 2 is 2.11 bits per heavy atom.